The zero-order chi connectivity index (χ0) is 9.42. The van der Waals surface area contributed by atoms with E-state index in [9.17, 15) is 8.78 Å². The molecule has 0 amide bonds. The van der Waals surface area contributed by atoms with Crippen LogP contribution in [-0.4, -0.2) is 0 Å². The molecule has 1 aliphatic rings. The first-order chi connectivity index (χ1) is 6.24. The van der Waals surface area contributed by atoms with Crippen molar-refractivity contribution in [3.05, 3.63) is 34.9 Å². The van der Waals surface area contributed by atoms with Crippen LogP contribution in [0.2, 0.25) is 0 Å². The van der Waals surface area contributed by atoms with Crippen LogP contribution in [0.3, 0.4) is 0 Å². The minimum absolute atomic E-state index is 0.158. The van der Waals surface area contributed by atoms with E-state index >= 15 is 0 Å². The van der Waals surface area contributed by atoms with Crippen LogP contribution in [0.15, 0.2) is 12.1 Å². The van der Waals surface area contributed by atoms with Gasteiger partial charge < -0.3 is 0 Å². The average molecular weight is 201 g/mol. The number of rotatable bonds is 1. The van der Waals surface area contributed by atoms with Gasteiger partial charge in [-0.3, -0.25) is 4.72 Å². The van der Waals surface area contributed by atoms with Gasteiger partial charge in [0.1, 0.15) is 11.6 Å². The molecule has 0 bridgehead atoms. The maximum atomic E-state index is 13.3. The maximum Gasteiger partial charge on any atom is 0.128 e. The maximum absolute atomic E-state index is 13.3. The summed E-state index contributed by atoms with van der Waals surface area (Å²) in [7, 11) is 0. The molecule has 1 nitrogen and oxygen atoms in total. The number of halogens is 2. The number of benzene rings is 1. The molecule has 0 fully saturated rings. The molecule has 0 spiro atoms. The molecule has 70 valence electrons. The number of nitrogens with one attached hydrogen (secondary N) is 1. The van der Waals surface area contributed by atoms with Crippen molar-refractivity contribution < 1.29 is 8.78 Å². The van der Waals surface area contributed by atoms with E-state index in [-0.39, 0.29) is 17.7 Å². The molecule has 0 radical (unpaired) electrons. The van der Waals surface area contributed by atoms with E-state index in [0.29, 0.717) is 24.0 Å². The van der Waals surface area contributed by atoms with Crippen LogP contribution in [-0.2, 0) is 6.42 Å². The van der Waals surface area contributed by atoms with Crippen molar-refractivity contribution in [2.24, 2.45) is 0 Å². The highest BCUT2D eigenvalue weighted by atomic mass is 32.1. The van der Waals surface area contributed by atoms with Gasteiger partial charge in [-0.2, -0.15) is 0 Å². The monoisotopic (exact) mass is 201 g/mol. The Morgan fingerprint density at radius 3 is 2.69 bits per heavy atom. The van der Waals surface area contributed by atoms with Gasteiger partial charge in [0, 0.05) is 11.6 Å². The van der Waals surface area contributed by atoms with Crippen LogP contribution in [0.1, 0.15) is 23.6 Å². The summed E-state index contributed by atoms with van der Waals surface area (Å²) >= 11 is 3.88. The molecule has 13 heavy (non-hydrogen) atoms. The van der Waals surface area contributed by atoms with Crippen LogP contribution in [0.5, 0.6) is 0 Å². The van der Waals surface area contributed by atoms with Crippen molar-refractivity contribution >= 4 is 12.8 Å². The molecule has 1 aromatic rings. The molecule has 0 heterocycles. The smallest absolute Gasteiger partial charge is 0.128 e. The number of fused-ring (bicyclic) bond motifs is 1. The lowest BCUT2D eigenvalue weighted by Gasteiger charge is -2.09. The quantitative estimate of drug-likeness (QED) is 0.665. The van der Waals surface area contributed by atoms with E-state index in [1.807, 2.05) is 0 Å². The lowest BCUT2D eigenvalue weighted by Crippen LogP contribution is -2.09. The van der Waals surface area contributed by atoms with Crippen molar-refractivity contribution in [3.8, 4) is 0 Å². The van der Waals surface area contributed by atoms with Gasteiger partial charge in [-0.05, 0) is 30.5 Å². The van der Waals surface area contributed by atoms with Crippen LogP contribution < -0.4 is 4.72 Å². The van der Waals surface area contributed by atoms with Crippen molar-refractivity contribution in [3.63, 3.8) is 0 Å². The molecule has 1 unspecified atom stereocenters. The standard InChI is InChI=1S/C9H9F2NS/c10-6-2-3-7(11)9-5(6)1-4-8(9)12-13/h2-3,8,12-13H,1,4H2. The fourth-order valence-corrected chi connectivity index (χ4v) is 2.06. The Hall–Kier alpha value is -0.610. The summed E-state index contributed by atoms with van der Waals surface area (Å²) in [6, 6.07) is 2.18. The lowest BCUT2D eigenvalue weighted by molar-refractivity contribution is 0.567. The van der Waals surface area contributed by atoms with Crippen LogP contribution in [0.4, 0.5) is 8.78 Å². The minimum atomic E-state index is -0.347. The molecule has 2 rings (SSSR count). The summed E-state index contributed by atoms with van der Waals surface area (Å²) < 4.78 is 29.1. The Bertz CT molecular complexity index is 341. The zero-order valence-electron chi connectivity index (χ0n) is 6.85. The third-order valence-electron chi connectivity index (χ3n) is 2.43. The molecule has 1 aliphatic carbocycles. The Kier molecular flexibility index (Phi) is 2.26. The SMILES string of the molecule is Fc1ccc(F)c2c1CCC2NS. The first-order valence-corrected chi connectivity index (χ1v) is 4.55. The van der Waals surface area contributed by atoms with Gasteiger partial charge in [0.15, 0.2) is 0 Å². The van der Waals surface area contributed by atoms with Gasteiger partial charge in [-0.15, -0.1) is 0 Å². The van der Waals surface area contributed by atoms with Gasteiger partial charge in [-0.1, -0.05) is 12.8 Å². The number of hydrogen-bond donors (Lipinski definition) is 2. The van der Waals surface area contributed by atoms with E-state index in [2.05, 4.69) is 17.5 Å². The predicted octanol–water partition coefficient (Wildman–Crippen LogP) is 2.39. The Morgan fingerprint density at radius 2 is 2.00 bits per heavy atom. The molecule has 0 aromatic heterocycles. The van der Waals surface area contributed by atoms with E-state index in [1.165, 1.54) is 6.07 Å². The summed E-state index contributed by atoms with van der Waals surface area (Å²) in [5.74, 6) is -0.664. The molecule has 1 atom stereocenters. The molecule has 4 heteroatoms. The van der Waals surface area contributed by atoms with Crippen LogP contribution in [0.25, 0.3) is 0 Å². The van der Waals surface area contributed by atoms with Gasteiger partial charge in [0.2, 0.25) is 0 Å². The third-order valence-corrected chi connectivity index (χ3v) is 2.75. The highest BCUT2D eigenvalue weighted by molar-refractivity contribution is 7.78. The lowest BCUT2D eigenvalue weighted by atomic mass is 10.1. The number of hydrogen-bond acceptors (Lipinski definition) is 2. The molecule has 0 aliphatic heterocycles. The van der Waals surface area contributed by atoms with Gasteiger partial charge in [-0.25, -0.2) is 8.78 Å². The van der Waals surface area contributed by atoms with E-state index in [4.69, 9.17) is 0 Å². The van der Waals surface area contributed by atoms with Gasteiger partial charge in [0.05, 0.1) is 0 Å². The third kappa shape index (κ3) is 1.34. The molecular formula is C9H9F2NS. The average Bonchev–Trinajstić information content (AvgIpc) is 2.56. The zero-order valence-corrected chi connectivity index (χ0v) is 7.74. The topological polar surface area (TPSA) is 12.0 Å². The number of thiol groups is 1. The summed E-state index contributed by atoms with van der Waals surface area (Å²) in [6.07, 6.45) is 1.29. The van der Waals surface area contributed by atoms with E-state index < -0.39 is 0 Å². The molecular weight excluding hydrogens is 192 g/mol. The van der Waals surface area contributed by atoms with Crippen molar-refractivity contribution in [1.29, 1.82) is 0 Å². The second-order valence-electron chi connectivity index (χ2n) is 3.14. The second-order valence-corrected chi connectivity index (χ2v) is 3.40. The van der Waals surface area contributed by atoms with Crippen LogP contribution in [0, 0.1) is 11.6 Å². The summed E-state index contributed by atoms with van der Waals surface area (Å²) in [4.78, 5) is 0. The van der Waals surface area contributed by atoms with Crippen molar-refractivity contribution in [2.45, 2.75) is 18.9 Å². The Labute approximate surface area is 80.7 Å². The minimum Gasteiger partial charge on any atom is -0.259 e. The molecule has 0 saturated carbocycles. The largest absolute Gasteiger partial charge is 0.259 e. The molecule has 1 aromatic carbocycles. The highest BCUT2D eigenvalue weighted by Gasteiger charge is 2.27. The van der Waals surface area contributed by atoms with E-state index in [0.717, 1.165) is 6.07 Å². The highest BCUT2D eigenvalue weighted by Crippen LogP contribution is 2.34. The fourth-order valence-electron chi connectivity index (χ4n) is 1.80. The van der Waals surface area contributed by atoms with Gasteiger partial charge in [0.25, 0.3) is 0 Å². The Balaban J connectivity index is 2.55. The first-order valence-electron chi connectivity index (χ1n) is 4.10. The Morgan fingerprint density at radius 1 is 1.31 bits per heavy atom. The second kappa shape index (κ2) is 3.27. The fraction of sp³-hybridized carbons (Fsp3) is 0.333. The van der Waals surface area contributed by atoms with E-state index in [1.54, 1.807) is 0 Å². The summed E-state index contributed by atoms with van der Waals surface area (Å²) in [5.41, 5.74) is 0.932. The van der Waals surface area contributed by atoms with Gasteiger partial charge >= 0.3 is 0 Å². The summed E-state index contributed by atoms with van der Waals surface area (Å²) in [6.45, 7) is 0. The van der Waals surface area contributed by atoms with Crippen LogP contribution >= 0.6 is 12.8 Å². The van der Waals surface area contributed by atoms with Crippen molar-refractivity contribution in [2.75, 3.05) is 0 Å². The van der Waals surface area contributed by atoms with Crippen molar-refractivity contribution in [1.82, 2.24) is 4.72 Å². The normalized spacial score (nSPS) is 20.4. The summed E-state index contributed by atoms with van der Waals surface area (Å²) in [5, 5.41) is 0. The molecule has 1 N–H and O–H groups in total. The molecule has 0 saturated heterocycles. The predicted molar refractivity (Wildman–Crippen MR) is 49.5 cm³/mol. The first kappa shape index (κ1) is 8.97.